The zero-order valence-electron chi connectivity index (χ0n) is 21.6. The molecule has 1 aromatic heterocycles. The van der Waals surface area contributed by atoms with Gasteiger partial charge in [-0.15, -0.1) is 11.8 Å². The van der Waals surface area contributed by atoms with E-state index in [1.807, 2.05) is 72.8 Å². The third kappa shape index (κ3) is 6.68. The van der Waals surface area contributed by atoms with Gasteiger partial charge in [0, 0.05) is 35.9 Å². The number of hydrogen-bond donors (Lipinski definition) is 2. The lowest BCUT2D eigenvalue weighted by Crippen LogP contribution is -2.45. The van der Waals surface area contributed by atoms with Crippen LogP contribution >= 0.6 is 11.8 Å². The highest BCUT2D eigenvalue weighted by atomic mass is 32.2. The first-order valence-electron chi connectivity index (χ1n) is 12.8. The van der Waals surface area contributed by atoms with Crippen LogP contribution in [-0.2, 0) is 22.7 Å². The van der Waals surface area contributed by atoms with Gasteiger partial charge in [-0.2, -0.15) is 0 Å². The molecule has 202 valence electrons. The minimum absolute atomic E-state index is 0.103. The lowest BCUT2D eigenvalue weighted by Gasteiger charge is -2.28. The van der Waals surface area contributed by atoms with E-state index in [1.54, 1.807) is 36.7 Å². The molecule has 3 amide bonds. The Bertz CT molecular complexity index is 1440. The maximum absolute atomic E-state index is 13.4. The number of amides is 3. The number of anilines is 1. The van der Waals surface area contributed by atoms with Crippen molar-refractivity contribution in [2.45, 2.75) is 24.6 Å². The Balaban J connectivity index is 1.25. The number of ether oxygens (including phenoxy) is 1. The van der Waals surface area contributed by atoms with Crippen molar-refractivity contribution in [3.05, 3.63) is 132 Å². The molecule has 5 rings (SSSR count). The van der Waals surface area contributed by atoms with Crippen molar-refractivity contribution in [2.75, 3.05) is 11.1 Å². The van der Waals surface area contributed by atoms with Crippen molar-refractivity contribution in [2.24, 2.45) is 0 Å². The Morgan fingerprint density at radius 1 is 0.850 bits per heavy atom. The molecule has 1 unspecified atom stereocenters. The zero-order chi connectivity index (χ0) is 27.7. The van der Waals surface area contributed by atoms with E-state index in [1.165, 1.54) is 16.7 Å². The molecule has 1 fully saturated rings. The normalized spacial score (nSPS) is 16.2. The van der Waals surface area contributed by atoms with Gasteiger partial charge in [0.15, 0.2) is 0 Å². The van der Waals surface area contributed by atoms with Crippen molar-refractivity contribution in [1.29, 1.82) is 0 Å². The maximum atomic E-state index is 13.4. The molecule has 1 aliphatic rings. The lowest BCUT2D eigenvalue weighted by atomic mass is 10.1. The average Bonchev–Trinajstić information content (AvgIpc) is 3.46. The quantitative estimate of drug-likeness (QED) is 0.304. The fourth-order valence-electron chi connectivity index (χ4n) is 4.32. The number of aromatic nitrogens is 1. The Morgan fingerprint density at radius 3 is 2.17 bits per heavy atom. The fourth-order valence-corrected chi connectivity index (χ4v) is 5.74. The van der Waals surface area contributed by atoms with Crippen LogP contribution in [0.2, 0.25) is 0 Å². The SMILES string of the molecule is O=C(NCc1ccccc1)c1ccc(NC(=O)[C@@H]2CSC(c3ccncc3)N2C(=O)OCc2ccccc2)cc1. The number of nitrogens with one attached hydrogen (secondary N) is 2. The van der Waals surface area contributed by atoms with Gasteiger partial charge in [-0.1, -0.05) is 60.7 Å². The first-order chi connectivity index (χ1) is 19.6. The van der Waals surface area contributed by atoms with Crippen LogP contribution in [0.5, 0.6) is 0 Å². The fraction of sp³-hybridized carbons (Fsp3) is 0.161. The third-order valence-electron chi connectivity index (χ3n) is 6.42. The molecule has 4 aromatic rings. The zero-order valence-corrected chi connectivity index (χ0v) is 22.4. The van der Waals surface area contributed by atoms with Crippen molar-refractivity contribution >= 4 is 35.4 Å². The van der Waals surface area contributed by atoms with E-state index in [0.29, 0.717) is 23.5 Å². The molecule has 0 spiro atoms. The van der Waals surface area contributed by atoms with E-state index in [2.05, 4.69) is 15.6 Å². The van der Waals surface area contributed by atoms with E-state index in [4.69, 9.17) is 4.74 Å². The monoisotopic (exact) mass is 552 g/mol. The first kappa shape index (κ1) is 27.0. The van der Waals surface area contributed by atoms with E-state index in [0.717, 1.165) is 16.7 Å². The summed E-state index contributed by atoms with van der Waals surface area (Å²) in [7, 11) is 0. The second kappa shape index (κ2) is 12.9. The molecule has 0 bridgehead atoms. The maximum Gasteiger partial charge on any atom is 0.412 e. The molecule has 2 atom stereocenters. The minimum atomic E-state index is -0.750. The van der Waals surface area contributed by atoms with Gasteiger partial charge in [-0.3, -0.25) is 19.5 Å². The summed E-state index contributed by atoms with van der Waals surface area (Å²) in [6.07, 6.45) is 2.75. The molecule has 8 nitrogen and oxygen atoms in total. The first-order valence-corrected chi connectivity index (χ1v) is 13.9. The van der Waals surface area contributed by atoms with Crippen LogP contribution < -0.4 is 10.6 Å². The molecule has 40 heavy (non-hydrogen) atoms. The molecular weight excluding hydrogens is 524 g/mol. The van der Waals surface area contributed by atoms with Gasteiger partial charge in [-0.05, 0) is 53.1 Å². The number of carbonyl (C=O) groups is 3. The van der Waals surface area contributed by atoms with Gasteiger partial charge in [0.05, 0.1) is 0 Å². The van der Waals surface area contributed by atoms with Gasteiger partial charge in [0.1, 0.15) is 18.0 Å². The van der Waals surface area contributed by atoms with E-state index in [-0.39, 0.29) is 18.4 Å². The summed E-state index contributed by atoms with van der Waals surface area (Å²) in [6, 6.07) is 28.6. The predicted molar refractivity (Wildman–Crippen MR) is 154 cm³/mol. The second-order valence-electron chi connectivity index (χ2n) is 9.16. The summed E-state index contributed by atoms with van der Waals surface area (Å²) in [6.45, 7) is 0.526. The van der Waals surface area contributed by atoms with Crippen LogP contribution in [0.1, 0.15) is 32.4 Å². The number of rotatable bonds is 8. The highest BCUT2D eigenvalue weighted by Crippen LogP contribution is 2.42. The molecule has 0 aliphatic carbocycles. The summed E-state index contributed by atoms with van der Waals surface area (Å²) >= 11 is 1.49. The number of benzene rings is 3. The minimum Gasteiger partial charge on any atom is -0.444 e. The van der Waals surface area contributed by atoms with Gasteiger partial charge in [0.25, 0.3) is 5.91 Å². The molecule has 9 heteroatoms. The largest absolute Gasteiger partial charge is 0.444 e. The topological polar surface area (TPSA) is 101 Å². The Morgan fingerprint density at radius 2 is 1.50 bits per heavy atom. The molecule has 1 saturated heterocycles. The Labute approximate surface area is 236 Å². The summed E-state index contributed by atoms with van der Waals surface area (Å²) < 4.78 is 5.62. The summed E-state index contributed by atoms with van der Waals surface area (Å²) in [5.74, 6) is -0.136. The molecule has 0 radical (unpaired) electrons. The third-order valence-corrected chi connectivity index (χ3v) is 7.74. The molecule has 2 N–H and O–H groups in total. The summed E-state index contributed by atoms with van der Waals surface area (Å²) in [4.78, 5) is 44.8. The van der Waals surface area contributed by atoms with E-state index >= 15 is 0 Å². The highest BCUT2D eigenvalue weighted by molar-refractivity contribution is 7.99. The molecule has 2 heterocycles. The number of thioether (sulfide) groups is 1. The molecular formula is C31H28N4O4S. The predicted octanol–water partition coefficient (Wildman–Crippen LogP) is 5.40. The summed E-state index contributed by atoms with van der Waals surface area (Å²) in [5, 5.41) is 5.39. The van der Waals surface area contributed by atoms with Gasteiger partial charge < -0.3 is 15.4 Å². The van der Waals surface area contributed by atoms with Crippen LogP contribution in [0.15, 0.2) is 109 Å². The highest BCUT2D eigenvalue weighted by Gasteiger charge is 2.43. The van der Waals surface area contributed by atoms with Crippen LogP contribution in [0.4, 0.5) is 10.5 Å². The number of hydrogen-bond acceptors (Lipinski definition) is 6. The number of pyridine rings is 1. The van der Waals surface area contributed by atoms with Crippen molar-refractivity contribution in [1.82, 2.24) is 15.2 Å². The van der Waals surface area contributed by atoms with Crippen LogP contribution in [0.3, 0.4) is 0 Å². The van der Waals surface area contributed by atoms with Gasteiger partial charge in [-0.25, -0.2) is 4.79 Å². The van der Waals surface area contributed by atoms with Crippen LogP contribution in [0.25, 0.3) is 0 Å². The van der Waals surface area contributed by atoms with Gasteiger partial charge in [0.2, 0.25) is 5.91 Å². The molecule has 0 saturated carbocycles. The lowest BCUT2D eigenvalue weighted by molar-refractivity contribution is -0.120. The Hall–Kier alpha value is -4.63. The van der Waals surface area contributed by atoms with Crippen molar-refractivity contribution < 1.29 is 19.1 Å². The van der Waals surface area contributed by atoms with E-state index in [9.17, 15) is 14.4 Å². The smallest absolute Gasteiger partial charge is 0.412 e. The van der Waals surface area contributed by atoms with Crippen molar-refractivity contribution in [3.8, 4) is 0 Å². The average molecular weight is 553 g/mol. The molecule has 1 aliphatic heterocycles. The number of nitrogens with zero attached hydrogens (tertiary/aromatic N) is 2. The van der Waals surface area contributed by atoms with Crippen LogP contribution in [0, 0.1) is 0 Å². The summed E-state index contributed by atoms with van der Waals surface area (Å²) in [5.41, 5.74) is 3.73. The number of carbonyl (C=O) groups excluding carboxylic acids is 3. The Kier molecular flexibility index (Phi) is 8.73. The van der Waals surface area contributed by atoms with Crippen molar-refractivity contribution in [3.63, 3.8) is 0 Å². The van der Waals surface area contributed by atoms with Crippen LogP contribution in [-0.4, -0.2) is 39.6 Å². The van der Waals surface area contributed by atoms with Gasteiger partial charge >= 0.3 is 6.09 Å². The molecule has 3 aromatic carbocycles. The standard InChI is InChI=1S/C31H28N4O4S/c36-28(33-19-22-7-3-1-4-8-22)24-11-13-26(14-12-24)34-29(37)27-21-40-30(25-15-17-32-18-16-25)35(27)31(38)39-20-23-9-5-2-6-10-23/h1-18,27,30H,19-21H2,(H,33,36)(H,34,37)/t27-,30?/m0/s1. The second-order valence-corrected chi connectivity index (χ2v) is 10.3. The van der Waals surface area contributed by atoms with E-state index < -0.39 is 17.5 Å².